The van der Waals surface area contributed by atoms with Gasteiger partial charge in [-0.05, 0) is 28.4 Å². The number of hydrogen-bond donors (Lipinski definition) is 1. The SMILES string of the molecule is CCC(N)C(OC)c1cc(Br)cs1. The van der Waals surface area contributed by atoms with Gasteiger partial charge in [-0.15, -0.1) is 11.3 Å². The molecule has 0 aromatic carbocycles. The van der Waals surface area contributed by atoms with Crippen LogP contribution in [-0.2, 0) is 4.74 Å². The molecule has 2 atom stereocenters. The van der Waals surface area contributed by atoms with Gasteiger partial charge in [0.25, 0.3) is 0 Å². The average molecular weight is 264 g/mol. The van der Waals surface area contributed by atoms with E-state index in [2.05, 4.69) is 28.9 Å². The molecular formula is C9H14BrNOS. The van der Waals surface area contributed by atoms with E-state index in [1.165, 1.54) is 4.88 Å². The third kappa shape index (κ3) is 2.77. The largest absolute Gasteiger partial charge is 0.374 e. The lowest BCUT2D eigenvalue weighted by Crippen LogP contribution is -2.28. The maximum Gasteiger partial charge on any atom is 0.106 e. The van der Waals surface area contributed by atoms with Crippen molar-refractivity contribution in [1.29, 1.82) is 0 Å². The first-order valence-electron chi connectivity index (χ1n) is 4.21. The molecule has 1 heterocycles. The van der Waals surface area contributed by atoms with E-state index in [1.807, 2.05) is 5.38 Å². The Morgan fingerprint density at radius 2 is 2.38 bits per heavy atom. The predicted octanol–water partition coefficient (Wildman–Crippen LogP) is 2.94. The molecule has 0 amide bonds. The smallest absolute Gasteiger partial charge is 0.106 e. The van der Waals surface area contributed by atoms with Gasteiger partial charge in [-0.3, -0.25) is 0 Å². The Bertz CT molecular complexity index is 264. The van der Waals surface area contributed by atoms with Gasteiger partial charge in [0, 0.05) is 27.9 Å². The van der Waals surface area contributed by atoms with Crippen molar-refractivity contribution in [2.24, 2.45) is 5.73 Å². The molecule has 2 N–H and O–H groups in total. The van der Waals surface area contributed by atoms with E-state index in [0.717, 1.165) is 10.9 Å². The molecule has 2 nitrogen and oxygen atoms in total. The maximum atomic E-state index is 5.94. The number of ether oxygens (including phenoxy) is 1. The Labute approximate surface area is 91.2 Å². The number of halogens is 1. The van der Waals surface area contributed by atoms with Gasteiger partial charge in [0.15, 0.2) is 0 Å². The summed E-state index contributed by atoms with van der Waals surface area (Å²) in [6.45, 7) is 2.07. The Morgan fingerprint density at radius 3 is 2.77 bits per heavy atom. The van der Waals surface area contributed by atoms with Crippen LogP contribution in [0.3, 0.4) is 0 Å². The summed E-state index contributed by atoms with van der Waals surface area (Å²) in [5.74, 6) is 0. The zero-order valence-corrected chi connectivity index (χ0v) is 10.2. The normalized spacial score (nSPS) is 15.7. The number of hydrogen-bond acceptors (Lipinski definition) is 3. The van der Waals surface area contributed by atoms with Crippen LogP contribution in [0.25, 0.3) is 0 Å². The fraction of sp³-hybridized carbons (Fsp3) is 0.556. The summed E-state index contributed by atoms with van der Waals surface area (Å²) < 4.78 is 6.46. The Morgan fingerprint density at radius 1 is 1.69 bits per heavy atom. The van der Waals surface area contributed by atoms with E-state index in [1.54, 1.807) is 18.4 Å². The molecule has 0 radical (unpaired) electrons. The molecule has 1 aromatic rings. The molecule has 1 rings (SSSR count). The molecule has 74 valence electrons. The summed E-state index contributed by atoms with van der Waals surface area (Å²) in [6.07, 6.45) is 0.954. The molecule has 0 bridgehead atoms. The molecule has 0 aliphatic rings. The van der Waals surface area contributed by atoms with Crippen LogP contribution >= 0.6 is 27.3 Å². The van der Waals surface area contributed by atoms with Gasteiger partial charge < -0.3 is 10.5 Å². The summed E-state index contributed by atoms with van der Waals surface area (Å²) in [4.78, 5) is 1.18. The highest BCUT2D eigenvalue weighted by Crippen LogP contribution is 2.29. The van der Waals surface area contributed by atoms with E-state index in [-0.39, 0.29) is 12.1 Å². The first-order chi connectivity index (χ1) is 6.19. The standard InChI is InChI=1S/C9H14BrNOS/c1-3-7(11)9(12-2)8-4-6(10)5-13-8/h4-5,7,9H,3,11H2,1-2H3. The van der Waals surface area contributed by atoms with Crippen molar-refractivity contribution in [1.82, 2.24) is 0 Å². The molecule has 0 fully saturated rings. The Kier molecular flexibility index (Phi) is 4.38. The summed E-state index contributed by atoms with van der Waals surface area (Å²) in [5.41, 5.74) is 5.94. The first kappa shape index (κ1) is 11.2. The Balaban J connectivity index is 2.77. The van der Waals surface area contributed by atoms with Crippen molar-refractivity contribution in [3.8, 4) is 0 Å². The van der Waals surface area contributed by atoms with Crippen molar-refractivity contribution < 1.29 is 4.74 Å². The van der Waals surface area contributed by atoms with E-state index >= 15 is 0 Å². The van der Waals surface area contributed by atoms with Crippen LogP contribution in [0.4, 0.5) is 0 Å². The van der Waals surface area contributed by atoms with Gasteiger partial charge in [-0.1, -0.05) is 6.92 Å². The minimum absolute atomic E-state index is 0.0290. The van der Waals surface area contributed by atoms with Crippen LogP contribution in [0.1, 0.15) is 24.3 Å². The number of rotatable bonds is 4. The van der Waals surface area contributed by atoms with Crippen LogP contribution in [0.2, 0.25) is 0 Å². The van der Waals surface area contributed by atoms with Crippen LogP contribution < -0.4 is 5.73 Å². The maximum absolute atomic E-state index is 5.94. The second kappa shape index (κ2) is 5.10. The molecule has 0 saturated heterocycles. The van der Waals surface area contributed by atoms with Crippen LogP contribution in [-0.4, -0.2) is 13.2 Å². The second-order valence-electron chi connectivity index (χ2n) is 2.90. The zero-order valence-electron chi connectivity index (χ0n) is 7.79. The lowest BCUT2D eigenvalue weighted by Gasteiger charge is -2.19. The van der Waals surface area contributed by atoms with Gasteiger partial charge in [0.05, 0.1) is 0 Å². The van der Waals surface area contributed by atoms with Gasteiger partial charge in [0.1, 0.15) is 6.10 Å². The van der Waals surface area contributed by atoms with E-state index in [9.17, 15) is 0 Å². The number of methoxy groups -OCH3 is 1. The molecule has 0 spiro atoms. The molecule has 4 heteroatoms. The van der Waals surface area contributed by atoms with Crippen LogP contribution in [0, 0.1) is 0 Å². The Hall–Kier alpha value is 0.1000. The molecule has 1 aromatic heterocycles. The average Bonchev–Trinajstić information content (AvgIpc) is 2.53. The van der Waals surface area contributed by atoms with Gasteiger partial charge in [0.2, 0.25) is 0 Å². The lowest BCUT2D eigenvalue weighted by molar-refractivity contribution is 0.0819. The quantitative estimate of drug-likeness (QED) is 0.907. The molecule has 2 unspecified atom stereocenters. The number of nitrogens with two attached hydrogens (primary N) is 1. The molecule has 0 aliphatic carbocycles. The van der Waals surface area contributed by atoms with E-state index in [0.29, 0.717) is 0 Å². The van der Waals surface area contributed by atoms with Crippen LogP contribution in [0.5, 0.6) is 0 Å². The summed E-state index contributed by atoms with van der Waals surface area (Å²) in [6, 6.07) is 2.14. The highest BCUT2D eigenvalue weighted by Gasteiger charge is 2.19. The van der Waals surface area contributed by atoms with E-state index < -0.39 is 0 Å². The molecule has 13 heavy (non-hydrogen) atoms. The minimum atomic E-state index is 0.0290. The van der Waals surface area contributed by atoms with Crippen molar-refractivity contribution in [2.45, 2.75) is 25.5 Å². The highest BCUT2D eigenvalue weighted by atomic mass is 79.9. The molecule has 0 aliphatic heterocycles. The zero-order chi connectivity index (χ0) is 9.84. The van der Waals surface area contributed by atoms with Crippen molar-refractivity contribution in [3.05, 3.63) is 20.8 Å². The first-order valence-corrected chi connectivity index (χ1v) is 5.88. The van der Waals surface area contributed by atoms with Crippen LogP contribution in [0.15, 0.2) is 15.9 Å². The number of thiophene rings is 1. The highest BCUT2D eigenvalue weighted by molar-refractivity contribution is 9.10. The minimum Gasteiger partial charge on any atom is -0.374 e. The molecule has 0 saturated carbocycles. The van der Waals surface area contributed by atoms with E-state index in [4.69, 9.17) is 10.5 Å². The topological polar surface area (TPSA) is 35.2 Å². The molecular weight excluding hydrogens is 250 g/mol. The summed E-state index contributed by atoms with van der Waals surface area (Å²) >= 11 is 5.09. The van der Waals surface area contributed by atoms with Crippen molar-refractivity contribution in [2.75, 3.05) is 7.11 Å². The third-order valence-electron chi connectivity index (χ3n) is 1.98. The summed E-state index contributed by atoms with van der Waals surface area (Å²) in [7, 11) is 1.70. The monoisotopic (exact) mass is 263 g/mol. The predicted molar refractivity (Wildman–Crippen MR) is 60.0 cm³/mol. The van der Waals surface area contributed by atoms with Crippen molar-refractivity contribution >= 4 is 27.3 Å². The summed E-state index contributed by atoms with van der Waals surface area (Å²) in [5, 5.41) is 2.05. The van der Waals surface area contributed by atoms with Gasteiger partial charge in [-0.2, -0.15) is 0 Å². The fourth-order valence-electron chi connectivity index (χ4n) is 1.19. The van der Waals surface area contributed by atoms with Crippen molar-refractivity contribution in [3.63, 3.8) is 0 Å². The second-order valence-corrected chi connectivity index (χ2v) is 4.75. The lowest BCUT2D eigenvalue weighted by atomic mass is 10.1. The fourth-order valence-corrected chi connectivity index (χ4v) is 2.79. The third-order valence-corrected chi connectivity index (χ3v) is 3.74. The van der Waals surface area contributed by atoms with Gasteiger partial charge >= 0.3 is 0 Å². The van der Waals surface area contributed by atoms with Gasteiger partial charge in [-0.25, -0.2) is 0 Å².